The summed E-state index contributed by atoms with van der Waals surface area (Å²) in [6, 6.07) is 10.2. The van der Waals surface area contributed by atoms with Crippen LogP contribution in [0, 0.1) is 0 Å². The molecule has 0 saturated heterocycles. The number of carboxylic acids is 1. The number of unbranched alkanes of at least 4 members (excludes halogenated alkanes) is 4. The van der Waals surface area contributed by atoms with Crippen molar-refractivity contribution in [3.63, 3.8) is 0 Å². The van der Waals surface area contributed by atoms with Gasteiger partial charge in [-0.05, 0) is 171 Å². The van der Waals surface area contributed by atoms with Crippen LogP contribution in [0.25, 0.3) is 0 Å². The van der Waals surface area contributed by atoms with Gasteiger partial charge < -0.3 is 59.0 Å². The Bertz CT molecular complexity index is 2680. The zero-order valence-electron chi connectivity index (χ0n) is 53.9. The number of aromatic nitrogens is 6. The van der Waals surface area contributed by atoms with Gasteiger partial charge in [0.25, 0.3) is 11.8 Å². The summed E-state index contributed by atoms with van der Waals surface area (Å²) in [5.41, 5.74) is 4.36. The number of rotatable bonds is 45. The van der Waals surface area contributed by atoms with E-state index in [0.717, 1.165) is 81.3 Å². The summed E-state index contributed by atoms with van der Waals surface area (Å²) in [5, 5.41) is 36.3. The molecule has 0 aliphatic carbocycles. The number of nitrogens with zero attached hydrogens (tertiary/aromatic N) is 6. The molecular weight excluding hydrogens is 1130 g/mol. The van der Waals surface area contributed by atoms with Crippen LogP contribution in [0.2, 0.25) is 0 Å². The average molecular weight is 1230 g/mol. The first-order valence-corrected chi connectivity index (χ1v) is 32.1. The van der Waals surface area contributed by atoms with E-state index in [0.29, 0.717) is 132 Å². The van der Waals surface area contributed by atoms with Gasteiger partial charge in [-0.3, -0.25) is 19.0 Å². The lowest BCUT2D eigenvalue weighted by molar-refractivity contribution is 0.0518. The molecular formula is C66H99N9O13. The van der Waals surface area contributed by atoms with Crippen LogP contribution in [0.3, 0.4) is 0 Å². The van der Waals surface area contributed by atoms with Crippen LogP contribution in [-0.4, -0.2) is 130 Å². The van der Waals surface area contributed by atoms with Crippen molar-refractivity contribution in [2.24, 2.45) is 0 Å². The number of aryl methyl sites for hydroxylation is 5. The van der Waals surface area contributed by atoms with E-state index < -0.39 is 17.7 Å². The van der Waals surface area contributed by atoms with Gasteiger partial charge in [0, 0.05) is 49.7 Å². The molecule has 486 valence electrons. The van der Waals surface area contributed by atoms with Gasteiger partial charge in [0.15, 0.2) is 23.0 Å². The highest BCUT2D eigenvalue weighted by Gasteiger charge is 2.23. The van der Waals surface area contributed by atoms with Crippen LogP contribution < -0.4 is 49.1 Å². The van der Waals surface area contributed by atoms with Crippen molar-refractivity contribution < 1.29 is 62.2 Å². The van der Waals surface area contributed by atoms with Gasteiger partial charge in [0.1, 0.15) is 18.0 Å². The first-order valence-electron chi connectivity index (χ1n) is 32.1. The fourth-order valence-electron chi connectivity index (χ4n) is 9.17. The second kappa shape index (κ2) is 39.2. The van der Waals surface area contributed by atoms with E-state index in [9.17, 15) is 24.3 Å². The number of benzene rings is 3. The van der Waals surface area contributed by atoms with E-state index >= 15 is 0 Å². The Hall–Kier alpha value is -7.78. The van der Waals surface area contributed by atoms with Gasteiger partial charge in [-0.25, -0.2) is 9.59 Å². The van der Waals surface area contributed by atoms with Crippen molar-refractivity contribution in [1.82, 2.24) is 45.9 Å². The second-order valence-corrected chi connectivity index (χ2v) is 22.7. The number of carbonyl (C=O) groups is 4. The lowest BCUT2D eigenvalue weighted by Crippen LogP contribution is -2.34. The zero-order chi connectivity index (χ0) is 63.5. The van der Waals surface area contributed by atoms with E-state index in [1.165, 1.54) is 23.3 Å². The summed E-state index contributed by atoms with van der Waals surface area (Å²) in [6.07, 6.45) is 17.8. The standard InChI is InChI=1S/C66H99N9O13/c1-10-16-24-48-40-49(41-55(81-33-12-3)54(48)27-17-11-2)62(76)67-28-22-31-74-46-52(70-72-74)25-18-20-37-84-58-44-51(64(78)79)45-59(61(58)87-39-30-69-65(80)88-66(7,8)9)85-38-21-19-26-53-47-75(73-71-53)32-23-29-68-63(77)50-42-56(82-34-13-4)60(86-36-15-6)57(43-50)83-35-14-5/h40-47H,10-39H2,1-9H3,(H,67,76)(H,68,77)(H,69,80)(H,78,79). The average Bonchev–Trinajstić information content (AvgIpc) is 4.09. The van der Waals surface area contributed by atoms with Crippen LogP contribution >= 0.6 is 0 Å². The largest absolute Gasteiger partial charge is 0.493 e. The Morgan fingerprint density at radius 3 is 1.36 bits per heavy atom. The molecule has 0 spiro atoms. The van der Waals surface area contributed by atoms with Gasteiger partial charge in [-0.1, -0.05) is 64.8 Å². The Morgan fingerprint density at radius 1 is 0.455 bits per heavy atom. The first kappa shape index (κ1) is 71.0. The van der Waals surface area contributed by atoms with Gasteiger partial charge in [0.2, 0.25) is 11.5 Å². The summed E-state index contributed by atoms with van der Waals surface area (Å²) >= 11 is 0. The monoisotopic (exact) mass is 1230 g/mol. The van der Waals surface area contributed by atoms with Crippen molar-refractivity contribution in [3.05, 3.63) is 88.0 Å². The number of nitrogens with one attached hydrogen (secondary N) is 3. The number of ether oxygens (including phenoxy) is 8. The summed E-state index contributed by atoms with van der Waals surface area (Å²) in [5.74, 6) is 1.37. The maximum atomic E-state index is 13.4. The van der Waals surface area contributed by atoms with Crippen molar-refractivity contribution in [1.29, 1.82) is 0 Å². The highest BCUT2D eigenvalue weighted by atomic mass is 16.6. The molecule has 3 aromatic carbocycles. The Balaban J connectivity index is 1.11. The van der Waals surface area contributed by atoms with Crippen LogP contribution in [-0.2, 0) is 43.5 Å². The molecule has 2 heterocycles. The van der Waals surface area contributed by atoms with E-state index in [1.54, 1.807) is 42.3 Å². The summed E-state index contributed by atoms with van der Waals surface area (Å²) in [6.45, 7) is 22.5. The predicted octanol–water partition coefficient (Wildman–Crippen LogP) is 11.8. The van der Waals surface area contributed by atoms with Gasteiger partial charge in [0.05, 0.1) is 63.1 Å². The Labute approximate surface area is 520 Å². The Kier molecular flexibility index (Phi) is 31.6. The molecule has 0 atom stereocenters. The summed E-state index contributed by atoms with van der Waals surface area (Å²) < 4.78 is 51.7. The van der Waals surface area contributed by atoms with Crippen molar-refractivity contribution in [3.8, 4) is 40.2 Å². The molecule has 0 bridgehead atoms. The number of carboxylic acid groups (broad SMARTS) is 1. The van der Waals surface area contributed by atoms with Crippen LogP contribution in [0.5, 0.6) is 40.2 Å². The third-order valence-corrected chi connectivity index (χ3v) is 13.6. The molecule has 4 N–H and O–H groups in total. The molecule has 0 aliphatic heterocycles. The fourth-order valence-corrected chi connectivity index (χ4v) is 9.17. The van der Waals surface area contributed by atoms with Gasteiger partial charge >= 0.3 is 12.1 Å². The van der Waals surface area contributed by atoms with E-state index in [4.69, 9.17) is 37.9 Å². The smallest absolute Gasteiger partial charge is 0.407 e. The Morgan fingerprint density at radius 2 is 0.886 bits per heavy atom. The first-order chi connectivity index (χ1) is 42.6. The van der Waals surface area contributed by atoms with E-state index in [2.05, 4.69) is 57.3 Å². The maximum Gasteiger partial charge on any atom is 0.407 e. The number of hydrogen-bond donors (Lipinski definition) is 4. The molecule has 0 radical (unpaired) electrons. The van der Waals surface area contributed by atoms with Crippen molar-refractivity contribution in [2.45, 2.75) is 197 Å². The number of hydrogen-bond acceptors (Lipinski definition) is 16. The third-order valence-electron chi connectivity index (χ3n) is 13.6. The van der Waals surface area contributed by atoms with Crippen LogP contribution in [0.4, 0.5) is 4.79 Å². The number of alkyl carbamates (subject to hydrolysis) is 1. The second-order valence-electron chi connectivity index (χ2n) is 22.7. The molecule has 0 fully saturated rings. The van der Waals surface area contributed by atoms with Crippen LogP contribution in [0.1, 0.15) is 206 Å². The molecule has 88 heavy (non-hydrogen) atoms. The lowest BCUT2D eigenvalue weighted by atomic mass is 9.94. The SMILES string of the molecule is CCCCc1cc(C(=O)NCCCn2cc(CCCCOc3cc(C(=O)O)cc(OCCCCc4cn(CCCNC(=O)c5cc(OCCC)c(OCCC)c(OCCC)c5)nn4)c3OCCNC(=O)OC(C)(C)C)nn2)cc(OCCC)c1CCCC. The third kappa shape index (κ3) is 25.1. The highest BCUT2D eigenvalue weighted by Crippen LogP contribution is 2.41. The molecule has 3 amide bonds. The summed E-state index contributed by atoms with van der Waals surface area (Å²) in [7, 11) is 0. The number of carbonyl (C=O) groups excluding carboxylic acids is 3. The molecule has 22 heteroatoms. The summed E-state index contributed by atoms with van der Waals surface area (Å²) in [4.78, 5) is 51.6. The molecule has 22 nitrogen and oxygen atoms in total. The van der Waals surface area contributed by atoms with Gasteiger partial charge in [-0.15, -0.1) is 10.2 Å². The zero-order valence-corrected chi connectivity index (χ0v) is 53.9. The topological polar surface area (TPSA) is 260 Å². The van der Waals surface area contributed by atoms with Crippen LogP contribution in [0.15, 0.2) is 48.8 Å². The number of amides is 3. The minimum absolute atomic E-state index is 0.0123. The predicted molar refractivity (Wildman–Crippen MR) is 337 cm³/mol. The van der Waals surface area contributed by atoms with Gasteiger partial charge in [-0.2, -0.15) is 0 Å². The quantitative estimate of drug-likeness (QED) is 0.0264. The lowest BCUT2D eigenvalue weighted by Gasteiger charge is -2.20. The highest BCUT2D eigenvalue weighted by molar-refractivity contribution is 5.96. The van der Waals surface area contributed by atoms with Crippen molar-refractivity contribution >= 4 is 23.9 Å². The van der Waals surface area contributed by atoms with E-state index in [1.807, 2.05) is 45.3 Å². The molecule has 5 rings (SSSR count). The van der Waals surface area contributed by atoms with Crippen molar-refractivity contribution in [2.75, 3.05) is 65.9 Å². The minimum Gasteiger partial charge on any atom is -0.493 e. The molecule has 2 aromatic heterocycles. The molecule has 0 saturated carbocycles. The van der Waals surface area contributed by atoms with E-state index in [-0.39, 0.29) is 61.0 Å². The normalized spacial score (nSPS) is 11.2. The molecule has 5 aromatic rings. The molecule has 0 aliphatic rings. The molecule has 0 unspecified atom stereocenters. The minimum atomic E-state index is -1.17. The maximum absolute atomic E-state index is 13.4. The fraction of sp³-hybridized carbons (Fsp3) is 0.606. The number of aromatic carboxylic acids is 1.